The predicted molar refractivity (Wildman–Crippen MR) is 112 cm³/mol. The second-order valence-electron chi connectivity index (χ2n) is 7.32. The van der Waals surface area contributed by atoms with Crippen LogP contribution in [0.4, 0.5) is 15.8 Å². The smallest absolute Gasteiger partial charge is 0.259 e. The predicted octanol–water partition coefficient (Wildman–Crippen LogP) is 3.32. The number of nitrogens with one attached hydrogen (secondary N) is 1. The average Bonchev–Trinajstić information content (AvgIpc) is 3.11. The highest BCUT2D eigenvalue weighted by molar-refractivity contribution is 6.05. The SMILES string of the molecule is Cc1c(C(=O)Nc2ccc(N3CCN(C)CC3)cc2)cnn1-c1ccc(F)cc1. The highest BCUT2D eigenvalue weighted by Crippen LogP contribution is 2.21. The maximum Gasteiger partial charge on any atom is 0.259 e. The van der Waals surface area contributed by atoms with Gasteiger partial charge in [-0.1, -0.05) is 0 Å². The number of benzene rings is 2. The van der Waals surface area contributed by atoms with Crippen LogP contribution in [0.1, 0.15) is 16.1 Å². The summed E-state index contributed by atoms with van der Waals surface area (Å²) in [4.78, 5) is 17.4. The molecule has 0 aliphatic carbocycles. The maximum absolute atomic E-state index is 13.1. The zero-order valence-electron chi connectivity index (χ0n) is 16.6. The first-order valence-electron chi connectivity index (χ1n) is 9.67. The first-order chi connectivity index (χ1) is 14.0. The summed E-state index contributed by atoms with van der Waals surface area (Å²) in [6.07, 6.45) is 1.53. The number of halogens is 1. The van der Waals surface area contributed by atoms with E-state index < -0.39 is 0 Å². The lowest BCUT2D eigenvalue weighted by Crippen LogP contribution is -2.44. The Morgan fingerprint density at radius 3 is 2.24 bits per heavy atom. The average molecular weight is 393 g/mol. The standard InChI is InChI=1S/C22H24FN5O/c1-16-21(15-24-28(16)20-7-3-17(23)4-8-20)22(29)25-18-5-9-19(10-6-18)27-13-11-26(2)12-14-27/h3-10,15H,11-14H2,1-2H3,(H,25,29). The van der Waals surface area contributed by atoms with Crippen LogP contribution >= 0.6 is 0 Å². The summed E-state index contributed by atoms with van der Waals surface area (Å²) in [5, 5.41) is 7.21. The highest BCUT2D eigenvalue weighted by Gasteiger charge is 2.17. The molecule has 0 spiro atoms. The molecule has 6 nitrogen and oxygen atoms in total. The summed E-state index contributed by atoms with van der Waals surface area (Å²) in [6.45, 7) is 5.93. The van der Waals surface area contributed by atoms with Crippen molar-refractivity contribution >= 4 is 17.3 Å². The quantitative estimate of drug-likeness (QED) is 0.739. The molecule has 1 amide bonds. The Bertz CT molecular complexity index is 989. The molecule has 0 atom stereocenters. The van der Waals surface area contributed by atoms with Crippen LogP contribution in [-0.2, 0) is 0 Å². The van der Waals surface area contributed by atoms with E-state index in [1.165, 1.54) is 18.3 Å². The van der Waals surface area contributed by atoms with E-state index in [2.05, 4.69) is 27.3 Å². The van der Waals surface area contributed by atoms with E-state index in [4.69, 9.17) is 0 Å². The van der Waals surface area contributed by atoms with Crippen LogP contribution in [0.3, 0.4) is 0 Å². The Kier molecular flexibility index (Phi) is 5.31. The molecular formula is C22H24FN5O. The molecule has 29 heavy (non-hydrogen) atoms. The number of likely N-dealkylation sites (N-methyl/N-ethyl adjacent to an activating group) is 1. The minimum Gasteiger partial charge on any atom is -0.369 e. The highest BCUT2D eigenvalue weighted by atomic mass is 19.1. The van der Waals surface area contributed by atoms with Crippen LogP contribution in [0, 0.1) is 12.7 Å². The van der Waals surface area contributed by atoms with E-state index in [9.17, 15) is 9.18 Å². The fourth-order valence-electron chi connectivity index (χ4n) is 3.49. The second kappa shape index (κ2) is 8.05. The van der Waals surface area contributed by atoms with Crippen molar-refractivity contribution in [2.24, 2.45) is 0 Å². The van der Waals surface area contributed by atoms with Crippen molar-refractivity contribution in [1.82, 2.24) is 14.7 Å². The first-order valence-corrected chi connectivity index (χ1v) is 9.67. The number of aromatic nitrogens is 2. The molecule has 2 heterocycles. The molecule has 1 N–H and O–H groups in total. The first kappa shape index (κ1) is 19.1. The van der Waals surface area contributed by atoms with Gasteiger partial charge in [0.15, 0.2) is 0 Å². The lowest BCUT2D eigenvalue weighted by atomic mass is 10.2. The monoisotopic (exact) mass is 393 g/mol. The van der Waals surface area contributed by atoms with E-state index in [1.54, 1.807) is 16.8 Å². The summed E-state index contributed by atoms with van der Waals surface area (Å²) in [6, 6.07) is 13.9. The van der Waals surface area contributed by atoms with Crippen LogP contribution in [-0.4, -0.2) is 53.8 Å². The van der Waals surface area contributed by atoms with Crippen molar-refractivity contribution in [3.63, 3.8) is 0 Å². The molecule has 0 unspecified atom stereocenters. The van der Waals surface area contributed by atoms with Gasteiger partial charge in [0.1, 0.15) is 5.82 Å². The molecule has 150 valence electrons. The zero-order chi connectivity index (χ0) is 20.4. The number of amides is 1. The number of carbonyl (C=O) groups excluding carboxylic acids is 1. The molecular weight excluding hydrogens is 369 g/mol. The third kappa shape index (κ3) is 4.14. The number of piperazine rings is 1. The van der Waals surface area contributed by atoms with Gasteiger partial charge in [0.25, 0.3) is 5.91 Å². The van der Waals surface area contributed by atoms with Gasteiger partial charge in [-0.25, -0.2) is 9.07 Å². The van der Waals surface area contributed by atoms with Crippen LogP contribution in [0.2, 0.25) is 0 Å². The molecule has 2 aromatic carbocycles. The number of hydrogen-bond donors (Lipinski definition) is 1. The second-order valence-corrected chi connectivity index (χ2v) is 7.32. The van der Waals surface area contributed by atoms with Gasteiger partial charge in [-0.15, -0.1) is 0 Å². The zero-order valence-corrected chi connectivity index (χ0v) is 16.6. The van der Waals surface area contributed by atoms with E-state index >= 15 is 0 Å². The van der Waals surface area contributed by atoms with Crippen molar-refractivity contribution in [3.8, 4) is 5.69 Å². The van der Waals surface area contributed by atoms with Crippen molar-refractivity contribution in [1.29, 1.82) is 0 Å². The number of rotatable bonds is 4. The van der Waals surface area contributed by atoms with Gasteiger partial charge in [-0.2, -0.15) is 5.10 Å². The van der Waals surface area contributed by atoms with E-state index in [1.807, 2.05) is 31.2 Å². The van der Waals surface area contributed by atoms with E-state index in [-0.39, 0.29) is 11.7 Å². The van der Waals surface area contributed by atoms with Gasteiger partial charge >= 0.3 is 0 Å². The Labute approximate surface area is 169 Å². The van der Waals surface area contributed by atoms with E-state index in [0.717, 1.165) is 37.6 Å². The molecule has 7 heteroatoms. The van der Waals surface area contributed by atoms with Crippen molar-refractivity contribution in [2.75, 3.05) is 43.4 Å². The third-order valence-electron chi connectivity index (χ3n) is 5.32. The number of nitrogens with zero attached hydrogens (tertiary/aromatic N) is 4. The Hall–Kier alpha value is -3.19. The molecule has 1 fully saturated rings. The number of carbonyl (C=O) groups is 1. The minimum atomic E-state index is -0.309. The molecule has 0 bridgehead atoms. The molecule has 3 aromatic rings. The van der Waals surface area contributed by atoms with Crippen LogP contribution in [0.15, 0.2) is 54.7 Å². The summed E-state index contributed by atoms with van der Waals surface area (Å²) < 4.78 is 14.8. The van der Waals surface area contributed by atoms with Crippen molar-refractivity contribution in [3.05, 3.63) is 71.8 Å². The maximum atomic E-state index is 13.1. The van der Waals surface area contributed by atoms with Gasteiger partial charge in [0.2, 0.25) is 0 Å². The van der Waals surface area contributed by atoms with Crippen LogP contribution in [0.5, 0.6) is 0 Å². The van der Waals surface area contributed by atoms with Gasteiger partial charge in [0.05, 0.1) is 23.1 Å². The van der Waals surface area contributed by atoms with Gasteiger partial charge in [-0.3, -0.25) is 4.79 Å². The van der Waals surface area contributed by atoms with E-state index in [0.29, 0.717) is 16.9 Å². The Morgan fingerprint density at radius 1 is 0.966 bits per heavy atom. The summed E-state index contributed by atoms with van der Waals surface area (Å²) >= 11 is 0. The van der Waals surface area contributed by atoms with Crippen LogP contribution < -0.4 is 10.2 Å². The Balaban J connectivity index is 1.45. The summed E-state index contributed by atoms with van der Waals surface area (Å²) in [7, 11) is 2.14. The molecule has 1 saturated heterocycles. The Morgan fingerprint density at radius 2 is 1.59 bits per heavy atom. The lowest BCUT2D eigenvalue weighted by Gasteiger charge is -2.34. The summed E-state index contributed by atoms with van der Waals surface area (Å²) in [5.74, 6) is -0.528. The fraction of sp³-hybridized carbons (Fsp3) is 0.273. The fourth-order valence-corrected chi connectivity index (χ4v) is 3.49. The third-order valence-corrected chi connectivity index (χ3v) is 5.32. The molecule has 1 aliphatic rings. The van der Waals surface area contributed by atoms with Gasteiger partial charge in [0, 0.05) is 37.6 Å². The normalized spacial score (nSPS) is 14.8. The lowest BCUT2D eigenvalue weighted by molar-refractivity contribution is 0.102. The van der Waals surface area contributed by atoms with Crippen LogP contribution in [0.25, 0.3) is 5.69 Å². The topological polar surface area (TPSA) is 53.4 Å². The van der Waals surface area contributed by atoms with Crippen molar-refractivity contribution < 1.29 is 9.18 Å². The van der Waals surface area contributed by atoms with Gasteiger partial charge in [-0.05, 0) is 62.5 Å². The molecule has 0 saturated carbocycles. The summed E-state index contributed by atoms with van der Waals surface area (Å²) in [5.41, 5.74) is 3.79. The molecule has 4 rings (SSSR count). The molecule has 1 aromatic heterocycles. The molecule has 1 aliphatic heterocycles. The van der Waals surface area contributed by atoms with Gasteiger partial charge < -0.3 is 15.1 Å². The number of hydrogen-bond acceptors (Lipinski definition) is 4. The van der Waals surface area contributed by atoms with Crippen molar-refractivity contribution in [2.45, 2.75) is 6.92 Å². The minimum absolute atomic E-state index is 0.219. The largest absolute Gasteiger partial charge is 0.369 e. The number of anilines is 2. The molecule has 0 radical (unpaired) electrons.